The van der Waals surface area contributed by atoms with Gasteiger partial charge in [0.2, 0.25) is 10.0 Å². The molecule has 0 saturated heterocycles. The number of aromatic nitrogens is 2. The number of hydrogen-bond donors (Lipinski definition) is 2. The molecule has 0 aliphatic heterocycles. The molecule has 144 valence electrons. The molecule has 1 saturated carbocycles. The molecular weight excluding hydrogens is 367 g/mol. The van der Waals surface area contributed by atoms with Crippen LogP contribution in [0.4, 0.5) is 13.2 Å². The Morgan fingerprint density at radius 1 is 1.19 bits per heavy atom. The number of rotatable bonds is 4. The second-order valence-corrected chi connectivity index (χ2v) is 9.38. The van der Waals surface area contributed by atoms with Crippen molar-refractivity contribution in [3.63, 3.8) is 0 Å². The van der Waals surface area contributed by atoms with E-state index in [2.05, 4.69) is 14.7 Å². The summed E-state index contributed by atoms with van der Waals surface area (Å²) in [6.07, 6.45) is -1.52. The molecule has 2 aromatic heterocycles. The number of aromatic amines is 1. The first-order chi connectivity index (χ1) is 12.1. The second-order valence-electron chi connectivity index (χ2n) is 7.11. The standard InChI is InChI=1S/C17H22F3N3O2S/c1-10(2)26(24,25)23-12-5-3-11(4-6-12)14-9-15-13(21-14)7-8-16(22-15)17(18,19)20/h7-12,21,23H,3-6H2,1-2H3. The van der Waals surface area contributed by atoms with Crippen LogP contribution in [-0.4, -0.2) is 29.7 Å². The van der Waals surface area contributed by atoms with Gasteiger partial charge in [0.1, 0.15) is 5.69 Å². The maximum Gasteiger partial charge on any atom is 0.433 e. The third kappa shape index (κ3) is 4.03. The Morgan fingerprint density at radius 2 is 1.85 bits per heavy atom. The molecule has 3 rings (SSSR count). The van der Waals surface area contributed by atoms with Crippen LogP contribution in [0.25, 0.3) is 11.0 Å². The molecule has 0 radical (unpaired) electrons. The second kappa shape index (κ2) is 6.84. The lowest BCUT2D eigenvalue weighted by atomic mass is 9.84. The van der Waals surface area contributed by atoms with Gasteiger partial charge in [-0.1, -0.05) is 0 Å². The van der Waals surface area contributed by atoms with Crippen molar-refractivity contribution in [1.82, 2.24) is 14.7 Å². The molecule has 1 fully saturated rings. The zero-order valence-electron chi connectivity index (χ0n) is 14.6. The summed E-state index contributed by atoms with van der Waals surface area (Å²) in [5, 5.41) is -0.470. The number of nitrogens with one attached hydrogen (secondary N) is 2. The lowest BCUT2D eigenvalue weighted by molar-refractivity contribution is -0.140. The lowest BCUT2D eigenvalue weighted by Gasteiger charge is -2.29. The molecule has 26 heavy (non-hydrogen) atoms. The summed E-state index contributed by atoms with van der Waals surface area (Å²) >= 11 is 0. The van der Waals surface area contributed by atoms with Crippen LogP contribution in [-0.2, 0) is 16.2 Å². The maximum absolute atomic E-state index is 12.8. The van der Waals surface area contributed by atoms with E-state index in [0.29, 0.717) is 23.9 Å². The molecule has 0 spiro atoms. The average molecular weight is 389 g/mol. The Morgan fingerprint density at radius 3 is 2.42 bits per heavy atom. The largest absolute Gasteiger partial charge is 0.433 e. The summed E-state index contributed by atoms with van der Waals surface area (Å²) < 4.78 is 65.0. The fraction of sp³-hybridized carbons (Fsp3) is 0.588. The molecular formula is C17H22F3N3O2S. The highest BCUT2D eigenvalue weighted by Gasteiger charge is 2.33. The van der Waals surface area contributed by atoms with Crippen LogP contribution in [0.3, 0.4) is 0 Å². The van der Waals surface area contributed by atoms with Gasteiger partial charge in [-0.25, -0.2) is 18.1 Å². The number of pyridine rings is 1. The van der Waals surface area contributed by atoms with E-state index in [4.69, 9.17) is 0 Å². The molecule has 0 amide bonds. The van der Waals surface area contributed by atoms with Crippen LogP contribution in [0.2, 0.25) is 0 Å². The first-order valence-corrected chi connectivity index (χ1v) is 10.2. The minimum atomic E-state index is -4.46. The van der Waals surface area contributed by atoms with Gasteiger partial charge in [0, 0.05) is 11.7 Å². The van der Waals surface area contributed by atoms with E-state index in [1.165, 1.54) is 6.07 Å². The fourth-order valence-electron chi connectivity index (χ4n) is 3.30. The van der Waals surface area contributed by atoms with Gasteiger partial charge in [-0.15, -0.1) is 0 Å². The van der Waals surface area contributed by atoms with E-state index < -0.39 is 27.1 Å². The minimum Gasteiger partial charge on any atom is -0.357 e. The first kappa shape index (κ1) is 19.2. The van der Waals surface area contributed by atoms with Crippen molar-refractivity contribution >= 4 is 21.1 Å². The molecule has 1 aliphatic rings. The molecule has 0 unspecified atom stereocenters. The normalized spacial score (nSPS) is 22.2. The van der Waals surface area contributed by atoms with Crippen molar-refractivity contribution < 1.29 is 21.6 Å². The minimum absolute atomic E-state index is 0.0852. The third-order valence-corrected chi connectivity index (χ3v) is 6.81. The van der Waals surface area contributed by atoms with Gasteiger partial charge >= 0.3 is 6.18 Å². The van der Waals surface area contributed by atoms with Gasteiger partial charge in [0.25, 0.3) is 0 Å². The molecule has 1 aliphatic carbocycles. The maximum atomic E-state index is 12.8. The predicted molar refractivity (Wildman–Crippen MR) is 93.3 cm³/mol. The van der Waals surface area contributed by atoms with E-state index in [9.17, 15) is 21.6 Å². The number of hydrogen-bond acceptors (Lipinski definition) is 3. The van der Waals surface area contributed by atoms with Gasteiger partial charge in [-0.2, -0.15) is 13.2 Å². The highest BCUT2D eigenvalue weighted by molar-refractivity contribution is 7.90. The van der Waals surface area contributed by atoms with Crippen molar-refractivity contribution in [1.29, 1.82) is 0 Å². The zero-order valence-corrected chi connectivity index (χ0v) is 15.4. The summed E-state index contributed by atoms with van der Waals surface area (Å²) in [4.78, 5) is 6.85. The van der Waals surface area contributed by atoms with Gasteiger partial charge in [-0.05, 0) is 63.6 Å². The number of sulfonamides is 1. The number of nitrogens with zero attached hydrogens (tertiary/aromatic N) is 1. The number of fused-ring (bicyclic) bond motifs is 1. The molecule has 9 heteroatoms. The first-order valence-electron chi connectivity index (χ1n) is 8.64. The number of H-pyrrole nitrogens is 1. The van der Waals surface area contributed by atoms with Gasteiger partial charge in [0.15, 0.2) is 0 Å². The number of alkyl halides is 3. The SMILES string of the molecule is CC(C)S(=O)(=O)NC1CCC(c2cc3nc(C(F)(F)F)ccc3[nH]2)CC1. The highest BCUT2D eigenvalue weighted by atomic mass is 32.2. The van der Waals surface area contributed by atoms with Gasteiger partial charge in [-0.3, -0.25) is 0 Å². The molecule has 0 atom stereocenters. The van der Waals surface area contributed by atoms with Crippen LogP contribution in [0.1, 0.15) is 56.8 Å². The van der Waals surface area contributed by atoms with Crippen molar-refractivity contribution in [2.75, 3.05) is 0 Å². The number of halogens is 3. The van der Waals surface area contributed by atoms with Crippen LogP contribution in [0, 0.1) is 0 Å². The Bertz CT molecular complexity index is 882. The van der Waals surface area contributed by atoms with Crippen molar-refractivity contribution in [3.05, 3.63) is 29.6 Å². The molecule has 2 aromatic rings. The van der Waals surface area contributed by atoms with Crippen molar-refractivity contribution in [2.45, 2.75) is 62.9 Å². The summed E-state index contributed by atoms with van der Waals surface area (Å²) in [6.45, 7) is 3.28. The van der Waals surface area contributed by atoms with E-state index in [1.54, 1.807) is 19.9 Å². The molecule has 2 N–H and O–H groups in total. The molecule has 0 bridgehead atoms. The van der Waals surface area contributed by atoms with Gasteiger partial charge in [0.05, 0.1) is 16.3 Å². The van der Waals surface area contributed by atoms with Crippen molar-refractivity contribution in [3.8, 4) is 0 Å². The van der Waals surface area contributed by atoms with E-state index in [-0.39, 0.29) is 12.0 Å². The summed E-state index contributed by atoms with van der Waals surface area (Å²) in [5.74, 6) is 0.165. The Kier molecular flexibility index (Phi) is 5.04. The van der Waals surface area contributed by atoms with E-state index >= 15 is 0 Å². The molecule has 2 heterocycles. The van der Waals surface area contributed by atoms with Gasteiger partial charge < -0.3 is 4.98 Å². The Balaban J connectivity index is 1.70. The summed E-state index contributed by atoms with van der Waals surface area (Å²) in [7, 11) is -3.29. The quantitative estimate of drug-likeness (QED) is 0.832. The highest BCUT2D eigenvalue weighted by Crippen LogP contribution is 2.35. The van der Waals surface area contributed by atoms with E-state index in [0.717, 1.165) is 24.6 Å². The topological polar surface area (TPSA) is 74.8 Å². The third-order valence-electron chi connectivity index (χ3n) is 4.90. The average Bonchev–Trinajstić information content (AvgIpc) is 2.97. The predicted octanol–water partition coefficient (Wildman–Crippen LogP) is 3.94. The Labute approximate surface area is 150 Å². The lowest BCUT2D eigenvalue weighted by Crippen LogP contribution is -2.40. The van der Waals surface area contributed by atoms with Crippen LogP contribution in [0.5, 0.6) is 0 Å². The molecule has 5 nitrogen and oxygen atoms in total. The van der Waals surface area contributed by atoms with Crippen LogP contribution >= 0.6 is 0 Å². The van der Waals surface area contributed by atoms with Crippen LogP contribution in [0.15, 0.2) is 18.2 Å². The smallest absolute Gasteiger partial charge is 0.357 e. The summed E-state index contributed by atoms with van der Waals surface area (Å²) in [6, 6.07) is 3.96. The van der Waals surface area contributed by atoms with Crippen molar-refractivity contribution in [2.24, 2.45) is 0 Å². The Hall–Kier alpha value is -1.61. The zero-order chi connectivity index (χ0) is 19.1. The van der Waals surface area contributed by atoms with E-state index in [1.807, 2.05) is 0 Å². The molecule has 0 aromatic carbocycles. The van der Waals surface area contributed by atoms with Crippen LogP contribution < -0.4 is 4.72 Å². The summed E-state index contributed by atoms with van der Waals surface area (Å²) in [5.41, 5.74) is 0.840. The monoisotopic (exact) mass is 389 g/mol. The fourth-order valence-corrected chi connectivity index (χ4v) is 4.27.